The number of anilines is 1. The van der Waals surface area contributed by atoms with Gasteiger partial charge in [-0.05, 0) is 49.2 Å². The molecule has 1 heterocycles. The second-order valence-corrected chi connectivity index (χ2v) is 6.11. The Morgan fingerprint density at radius 2 is 1.91 bits per heavy atom. The standard InChI is InChI=1S/C17H16N2O2S/c1-10-8-13-15(9-11(10)2)22-17(18-13)19-16(20)12-6-4-5-7-14(12)21-3/h4-9H,1-3H3,(H,18,19,20). The molecule has 0 aliphatic rings. The number of aromatic nitrogens is 1. The molecule has 0 aliphatic carbocycles. The maximum Gasteiger partial charge on any atom is 0.261 e. The zero-order valence-electron chi connectivity index (χ0n) is 12.6. The highest BCUT2D eigenvalue weighted by molar-refractivity contribution is 7.22. The van der Waals surface area contributed by atoms with Crippen molar-refractivity contribution in [2.24, 2.45) is 0 Å². The fraction of sp³-hybridized carbons (Fsp3) is 0.176. The predicted octanol–water partition coefficient (Wildman–Crippen LogP) is 4.17. The Bertz CT molecular complexity index is 816. The lowest BCUT2D eigenvalue weighted by molar-refractivity contribution is 0.102. The van der Waals surface area contributed by atoms with Crippen molar-refractivity contribution in [2.45, 2.75) is 13.8 Å². The quantitative estimate of drug-likeness (QED) is 0.789. The summed E-state index contributed by atoms with van der Waals surface area (Å²) in [5.74, 6) is 0.331. The molecule has 0 saturated heterocycles. The van der Waals surface area contributed by atoms with E-state index in [0.29, 0.717) is 16.4 Å². The first-order chi connectivity index (χ1) is 10.6. The summed E-state index contributed by atoms with van der Waals surface area (Å²) in [6, 6.07) is 11.3. The van der Waals surface area contributed by atoms with Crippen molar-refractivity contribution in [3.8, 4) is 5.75 Å². The van der Waals surface area contributed by atoms with Gasteiger partial charge in [0.1, 0.15) is 5.75 Å². The second kappa shape index (κ2) is 5.77. The molecule has 112 valence electrons. The van der Waals surface area contributed by atoms with Gasteiger partial charge in [-0.15, -0.1) is 0 Å². The average molecular weight is 312 g/mol. The summed E-state index contributed by atoms with van der Waals surface area (Å²) in [7, 11) is 1.55. The van der Waals surface area contributed by atoms with Crippen LogP contribution < -0.4 is 10.1 Å². The SMILES string of the molecule is COc1ccccc1C(=O)Nc1nc2cc(C)c(C)cc2s1. The number of carbonyl (C=O) groups excluding carboxylic acids is 1. The smallest absolute Gasteiger partial charge is 0.261 e. The third-order valence-corrected chi connectivity index (χ3v) is 4.51. The molecule has 0 fully saturated rings. The lowest BCUT2D eigenvalue weighted by Crippen LogP contribution is -2.12. The number of para-hydroxylation sites is 1. The first-order valence-electron chi connectivity index (χ1n) is 6.90. The second-order valence-electron chi connectivity index (χ2n) is 5.08. The van der Waals surface area contributed by atoms with E-state index >= 15 is 0 Å². The lowest BCUT2D eigenvalue weighted by atomic mass is 10.1. The molecule has 0 atom stereocenters. The van der Waals surface area contributed by atoms with Crippen LogP contribution >= 0.6 is 11.3 Å². The van der Waals surface area contributed by atoms with E-state index in [-0.39, 0.29) is 5.91 Å². The maximum atomic E-state index is 12.4. The molecule has 5 heteroatoms. The van der Waals surface area contributed by atoms with Gasteiger partial charge in [0, 0.05) is 0 Å². The van der Waals surface area contributed by atoms with Crippen molar-refractivity contribution in [3.05, 3.63) is 53.1 Å². The monoisotopic (exact) mass is 312 g/mol. The van der Waals surface area contributed by atoms with Crippen molar-refractivity contribution in [3.63, 3.8) is 0 Å². The van der Waals surface area contributed by atoms with Gasteiger partial charge in [-0.2, -0.15) is 0 Å². The van der Waals surface area contributed by atoms with Crippen LogP contribution in [0.15, 0.2) is 36.4 Å². The molecule has 1 N–H and O–H groups in total. The number of benzene rings is 2. The van der Waals surface area contributed by atoms with Crippen molar-refractivity contribution < 1.29 is 9.53 Å². The van der Waals surface area contributed by atoms with E-state index in [4.69, 9.17) is 4.74 Å². The van der Waals surface area contributed by atoms with Crippen LogP contribution in [0.2, 0.25) is 0 Å². The van der Waals surface area contributed by atoms with Crippen LogP contribution in [0.1, 0.15) is 21.5 Å². The molecule has 0 bridgehead atoms. The van der Waals surface area contributed by atoms with Crippen LogP contribution in [0, 0.1) is 13.8 Å². The molecule has 0 radical (unpaired) electrons. The number of hydrogen-bond acceptors (Lipinski definition) is 4. The van der Waals surface area contributed by atoms with Crippen LogP contribution in [0.25, 0.3) is 10.2 Å². The number of thiazole rings is 1. The van der Waals surface area contributed by atoms with E-state index in [2.05, 4.69) is 30.2 Å². The Kier molecular flexibility index (Phi) is 3.81. The molecule has 0 unspecified atom stereocenters. The highest BCUT2D eigenvalue weighted by Crippen LogP contribution is 2.29. The predicted molar refractivity (Wildman–Crippen MR) is 90.0 cm³/mol. The number of amides is 1. The average Bonchev–Trinajstić information content (AvgIpc) is 2.88. The minimum atomic E-state index is -0.218. The highest BCUT2D eigenvalue weighted by Gasteiger charge is 2.14. The zero-order valence-corrected chi connectivity index (χ0v) is 13.5. The fourth-order valence-corrected chi connectivity index (χ4v) is 3.17. The van der Waals surface area contributed by atoms with Crippen molar-refractivity contribution >= 4 is 32.6 Å². The molecular weight excluding hydrogens is 296 g/mol. The number of carbonyl (C=O) groups is 1. The Morgan fingerprint density at radius 1 is 1.18 bits per heavy atom. The van der Waals surface area contributed by atoms with Gasteiger partial charge in [-0.25, -0.2) is 4.98 Å². The van der Waals surface area contributed by atoms with Gasteiger partial charge in [-0.1, -0.05) is 23.5 Å². The van der Waals surface area contributed by atoms with Crippen LogP contribution in [0.4, 0.5) is 5.13 Å². The number of aryl methyl sites for hydroxylation is 2. The molecule has 0 spiro atoms. The minimum Gasteiger partial charge on any atom is -0.496 e. The summed E-state index contributed by atoms with van der Waals surface area (Å²) in [5, 5.41) is 3.44. The molecule has 1 amide bonds. The molecule has 0 aliphatic heterocycles. The molecule has 0 saturated carbocycles. The molecule has 4 nitrogen and oxygen atoms in total. The first-order valence-corrected chi connectivity index (χ1v) is 7.72. The Labute approximate surface area is 132 Å². The van der Waals surface area contributed by atoms with Gasteiger partial charge in [0.25, 0.3) is 5.91 Å². The van der Waals surface area contributed by atoms with Crippen molar-refractivity contribution in [1.29, 1.82) is 0 Å². The summed E-state index contributed by atoms with van der Waals surface area (Å²) < 4.78 is 6.28. The van der Waals surface area contributed by atoms with Crippen molar-refractivity contribution in [1.82, 2.24) is 4.98 Å². The Balaban J connectivity index is 1.91. The minimum absolute atomic E-state index is 0.218. The van der Waals surface area contributed by atoms with Crippen molar-refractivity contribution in [2.75, 3.05) is 12.4 Å². The topological polar surface area (TPSA) is 51.2 Å². The lowest BCUT2D eigenvalue weighted by Gasteiger charge is -2.06. The van der Waals surface area contributed by atoms with Gasteiger partial charge in [0.05, 0.1) is 22.9 Å². The number of methoxy groups -OCH3 is 1. The van der Waals surface area contributed by atoms with Crippen LogP contribution in [-0.2, 0) is 0 Å². The third-order valence-electron chi connectivity index (χ3n) is 3.58. The summed E-state index contributed by atoms with van der Waals surface area (Å²) >= 11 is 1.47. The largest absolute Gasteiger partial charge is 0.496 e. The maximum absolute atomic E-state index is 12.4. The molecule has 3 aromatic rings. The van der Waals surface area contributed by atoms with Gasteiger partial charge in [0.2, 0.25) is 0 Å². The number of nitrogens with zero attached hydrogens (tertiary/aromatic N) is 1. The summed E-state index contributed by atoms with van der Waals surface area (Å²) in [4.78, 5) is 16.9. The van der Waals surface area contributed by atoms with E-state index < -0.39 is 0 Å². The van der Waals surface area contributed by atoms with Crippen LogP contribution in [0.3, 0.4) is 0 Å². The summed E-state index contributed by atoms with van der Waals surface area (Å²) in [6.45, 7) is 4.13. The summed E-state index contributed by atoms with van der Waals surface area (Å²) in [5.41, 5.74) is 3.82. The van der Waals surface area contributed by atoms with E-state index in [0.717, 1.165) is 10.2 Å². The van der Waals surface area contributed by atoms with E-state index in [1.165, 1.54) is 22.5 Å². The number of ether oxygens (including phenoxy) is 1. The molecule has 2 aromatic carbocycles. The van der Waals surface area contributed by atoms with Crippen LogP contribution in [-0.4, -0.2) is 18.0 Å². The first kappa shape index (κ1) is 14.5. The third kappa shape index (κ3) is 2.67. The summed E-state index contributed by atoms with van der Waals surface area (Å²) in [6.07, 6.45) is 0. The Hall–Kier alpha value is -2.40. The molecular formula is C17H16N2O2S. The number of hydrogen-bond donors (Lipinski definition) is 1. The Morgan fingerprint density at radius 3 is 2.68 bits per heavy atom. The molecule has 22 heavy (non-hydrogen) atoms. The zero-order chi connectivity index (χ0) is 15.7. The normalized spacial score (nSPS) is 10.7. The van der Waals surface area contributed by atoms with Gasteiger partial charge < -0.3 is 4.74 Å². The molecule has 3 rings (SSSR count). The number of rotatable bonds is 3. The molecule has 1 aromatic heterocycles. The van der Waals surface area contributed by atoms with Gasteiger partial charge in [0.15, 0.2) is 5.13 Å². The fourth-order valence-electron chi connectivity index (χ4n) is 2.23. The van der Waals surface area contributed by atoms with E-state index in [1.54, 1.807) is 19.2 Å². The van der Waals surface area contributed by atoms with Gasteiger partial charge >= 0.3 is 0 Å². The number of nitrogens with one attached hydrogen (secondary N) is 1. The number of fused-ring (bicyclic) bond motifs is 1. The van der Waals surface area contributed by atoms with Crippen LogP contribution in [0.5, 0.6) is 5.75 Å². The van der Waals surface area contributed by atoms with E-state index in [1.807, 2.05) is 18.2 Å². The van der Waals surface area contributed by atoms with E-state index in [9.17, 15) is 4.79 Å². The van der Waals surface area contributed by atoms with Gasteiger partial charge in [-0.3, -0.25) is 10.1 Å². The highest BCUT2D eigenvalue weighted by atomic mass is 32.1.